The molecule has 0 aliphatic rings. The maximum Gasteiger partial charge on any atom is 0.128 e. The summed E-state index contributed by atoms with van der Waals surface area (Å²) < 4.78 is 5.94. The van der Waals surface area contributed by atoms with Crippen LogP contribution in [-0.4, -0.2) is 0 Å². The highest BCUT2D eigenvalue weighted by Gasteiger charge is 2.16. The fraction of sp³-hybridized carbons (Fsp3) is 0.190. The molecule has 0 aromatic heterocycles. The predicted octanol–water partition coefficient (Wildman–Crippen LogP) is 5.80. The second kappa shape index (κ2) is 5.78. The lowest BCUT2D eigenvalue weighted by molar-refractivity contribution is 0.483. The second-order valence-corrected chi connectivity index (χ2v) is 6.68. The maximum atomic E-state index is 8.85. The number of benzene rings is 3. The van der Waals surface area contributed by atoms with Gasteiger partial charge in [0, 0.05) is 0 Å². The van der Waals surface area contributed by atoms with E-state index >= 15 is 0 Å². The molecule has 0 radical (unpaired) electrons. The van der Waals surface area contributed by atoms with Gasteiger partial charge in [-0.3, -0.25) is 0 Å². The van der Waals surface area contributed by atoms with Gasteiger partial charge in [-0.25, -0.2) is 0 Å². The number of ether oxygens (including phenoxy) is 1. The Morgan fingerprint density at radius 3 is 2.22 bits per heavy atom. The van der Waals surface area contributed by atoms with Crippen LogP contribution in [0, 0.1) is 11.3 Å². The third-order valence-electron chi connectivity index (χ3n) is 3.88. The van der Waals surface area contributed by atoms with Crippen molar-refractivity contribution in [2.75, 3.05) is 0 Å². The van der Waals surface area contributed by atoms with E-state index in [1.807, 2.05) is 18.2 Å². The molecule has 0 saturated carbocycles. The molecule has 2 nitrogen and oxygen atoms in total. The highest BCUT2D eigenvalue weighted by molar-refractivity contribution is 5.88. The lowest BCUT2D eigenvalue weighted by atomic mass is 9.84. The van der Waals surface area contributed by atoms with Gasteiger partial charge in [0.25, 0.3) is 0 Å². The van der Waals surface area contributed by atoms with Gasteiger partial charge in [-0.1, -0.05) is 45.0 Å². The lowest BCUT2D eigenvalue weighted by Gasteiger charge is -2.21. The van der Waals surface area contributed by atoms with E-state index < -0.39 is 0 Å². The fourth-order valence-electron chi connectivity index (χ4n) is 2.70. The van der Waals surface area contributed by atoms with Gasteiger partial charge < -0.3 is 4.74 Å². The molecule has 0 fully saturated rings. The van der Waals surface area contributed by atoms with E-state index in [4.69, 9.17) is 10.00 Å². The molecule has 0 unspecified atom stereocenters. The van der Waals surface area contributed by atoms with Crippen LogP contribution in [0.1, 0.15) is 31.9 Å². The summed E-state index contributed by atoms with van der Waals surface area (Å²) in [5.41, 5.74) is 2.01. The molecule has 0 N–H and O–H groups in total. The van der Waals surface area contributed by atoms with Crippen LogP contribution in [-0.2, 0) is 5.41 Å². The normalized spacial score (nSPS) is 11.2. The van der Waals surface area contributed by atoms with Crippen LogP contribution in [0.4, 0.5) is 0 Å². The summed E-state index contributed by atoms with van der Waals surface area (Å²) in [5.74, 6) is 1.54. The van der Waals surface area contributed by atoms with Crippen molar-refractivity contribution in [3.8, 4) is 17.6 Å². The fourth-order valence-corrected chi connectivity index (χ4v) is 2.70. The molecule has 3 aromatic rings. The minimum absolute atomic E-state index is 0.0760. The van der Waals surface area contributed by atoms with Gasteiger partial charge >= 0.3 is 0 Å². The quantitative estimate of drug-likeness (QED) is 0.599. The number of hydrogen-bond donors (Lipinski definition) is 0. The summed E-state index contributed by atoms with van der Waals surface area (Å²) in [5, 5.41) is 11.3. The Bertz CT molecular complexity index is 880. The molecule has 0 spiro atoms. The van der Waals surface area contributed by atoms with E-state index in [-0.39, 0.29) is 5.41 Å². The Hall–Kier alpha value is -2.79. The van der Waals surface area contributed by atoms with Crippen molar-refractivity contribution in [1.82, 2.24) is 0 Å². The monoisotopic (exact) mass is 301 g/mol. The molecule has 0 amide bonds. The summed E-state index contributed by atoms with van der Waals surface area (Å²) in [6.07, 6.45) is 0. The first-order valence-corrected chi connectivity index (χ1v) is 7.69. The molecule has 114 valence electrons. The van der Waals surface area contributed by atoms with Gasteiger partial charge in [-0.15, -0.1) is 0 Å². The van der Waals surface area contributed by atoms with Gasteiger partial charge in [0.2, 0.25) is 0 Å². The molecular formula is C21H19NO. The zero-order chi connectivity index (χ0) is 16.4. The summed E-state index contributed by atoms with van der Waals surface area (Å²) in [7, 11) is 0. The molecule has 23 heavy (non-hydrogen) atoms. The minimum atomic E-state index is 0.0760. The van der Waals surface area contributed by atoms with Gasteiger partial charge in [-0.2, -0.15) is 5.26 Å². The van der Waals surface area contributed by atoms with Crippen molar-refractivity contribution in [3.05, 3.63) is 71.8 Å². The minimum Gasteiger partial charge on any atom is -0.457 e. The van der Waals surface area contributed by atoms with Crippen molar-refractivity contribution in [2.24, 2.45) is 0 Å². The van der Waals surface area contributed by atoms with Crippen molar-refractivity contribution >= 4 is 10.8 Å². The highest BCUT2D eigenvalue weighted by Crippen LogP contribution is 2.33. The summed E-state index contributed by atoms with van der Waals surface area (Å²) in [6.45, 7) is 6.65. The lowest BCUT2D eigenvalue weighted by Crippen LogP contribution is -2.11. The van der Waals surface area contributed by atoms with Gasteiger partial charge in [-0.05, 0) is 58.1 Å². The molecule has 3 rings (SSSR count). The largest absolute Gasteiger partial charge is 0.457 e. The molecule has 3 aromatic carbocycles. The molecule has 0 saturated heterocycles. The smallest absolute Gasteiger partial charge is 0.128 e. The first-order valence-electron chi connectivity index (χ1n) is 7.69. The molecular weight excluding hydrogens is 282 g/mol. The Labute approximate surface area is 137 Å². The van der Waals surface area contributed by atoms with Crippen LogP contribution in [0.2, 0.25) is 0 Å². The molecule has 2 heteroatoms. The van der Waals surface area contributed by atoms with E-state index in [2.05, 4.69) is 57.2 Å². The standard InChI is InChI=1S/C21H19NO/c1-21(2,3)20-6-4-5-16-9-12-18(13-19(16)20)23-17-10-7-15(14-22)8-11-17/h4-13H,1-3H3. The Morgan fingerprint density at radius 2 is 1.57 bits per heavy atom. The Balaban J connectivity index is 2.00. The Kier molecular flexibility index (Phi) is 3.80. The topological polar surface area (TPSA) is 33.0 Å². The number of hydrogen-bond acceptors (Lipinski definition) is 2. The molecule has 0 heterocycles. The van der Waals surface area contributed by atoms with Gasteiger partial charge in [0.1, 0.15) is 11.5 Å². The second-order valence-electron chi connectivity index (χ2n) is 6.68. The van der Waals surface area contributed by atoms with Crippen LogP contribution in [0.3, 0.4) is 0 Å². The number of nitrogens with zero attached hydrogens (tertiary/aromatic N) is 1. The third-order valence-corrected chi connectivity index (χ3v) is 3.88. The molecule has 0 aliphatic heterocycles. The van der Waals surface area contributed by atoms with Gasteiger partial charge in [0.15, 0.2) is 0 Å². The Morgan fingerprint density at radius 1 is 0.870 bits per heavy atom. The van der Waals surface area contributed by atoms with E-state index in [9.17, 15) is 0 Å². The first kappa shape index (κ1) is 15.1. The van der Waals surface area contributed by atoms with E-state index in [0.717, 1.165) is 11.5 Å². The SMILES string of the molecule is CC(C)(C)c1cccc2ccc(Oc3ccc(C#N)cc3)cc12. The van der Waals surface area contributed by atoms with E-state index in [1.54, 1.807) is 12.1 Å². The summed E-state index contributed by atoms with van der Waals surface area (Å²) in [6, 6.07) is 21.8. The summed E-state index contributed by atoms with van der Waals surface area (Å²) in [4.78, 5) is 0. The third kappa shape index (κ3) is 3.19. The average Bonchev–Trinajstić information content (AvgIpc) is 2.54. The van der Waals surface area contributed by atoms with Crippen molar-refractivity contribution in [2.45, 2.75) is 26.2 Å². The predicted molar refractivity (Wildman–Crippen MR) is 93.9 cm³/mol. The molecule has 0 aliphatic carbocycles. The summed E-state index contributed by atoms with van der Waals surface area (Å²) >= 11 is 0. The van der Waals surface area contributed by atoms with Crippen molar-refractivity contribution in [3.63, 3.8) is 0 Å². The van der Waals surface area contributed by atoms with Crippen LogP contribution in [0.15, 0.2) is 60.7 Å². The van der Waals surface area contributed by atoms with E-state index in [1.165, 1.54) is 16.3 Å². The highest BCUT2D eigenvalue weighted by atomic mass is 16.5. The van der Waals surface area contributed by atoms with Crippen molar-refractivity contribution in [1.29, 1.82) is 5.26 Å². The van der Waals surface area contributed by atoms with Crippen LogP contribution in [0.5, 0.6) is 11.5 Å². The van der Waals surface area contributed by atoms with Gasteiger partial charge in [0.05, 0.1) is 11.6 Å². The average molecular weight is 301 g/mol. The zero-order valence-electron chi connectivity index (χ0n) is 13.6. The first-order chi connectivity index (χ1) is 11.0. The number of rotatable bonds is 2. The van der Waals surface area contributed by atoms with Crippen LogP contribution >= 0.6 is 0 Å². The maximum absolute atomic E-state index is 8.85. The zero-order valence-corrected chi connectivity index (χ0v) is 13.6. The van der Waals surface area contributed by atoms with Crippen LogP contribution < -0.4 is 4.74 Å². The number of nitriles is 1. The van der Waals surface area contributed by atoms with Crippen LogP contribution in [0.25, 0.3) is 10.8 Å². The van der Waals surface area contributed by atoms with Crippen molar-refractivity contribution < 1.29 is 4.74 Å². The molecule has 0 atom stereocenters. The number of fused-ring (bicyclic) bond motifs is 1. The molecule has 0 bridgehead atoms. The van der Waals surface area contributed by atoms with E-state index in [0.29, 0.717) is 5.56 Å².